The summed E-state index contributed by atoms with van der Waals surface area (Å²) in [6, 6.07) is 16.6. The van der Waals surface area contributed by atoms with Gasteiger partial charge in [0.2, 0.25) is 0 Å². The molecule has 92 valence electrons. The van der Waals surface area contributed by atoms with E-state index in [0.29, 0.717) is 5.69 Å². The van der Waals surface area contributed by atoms with Crippen molar-refractivity contribution in [3.05, 3.63) is 53.7 Å². The molecule has 0 fully saturated rings. The summed E-state index contributed by atoms with van der Waals surface area (Å²) >= 11 is 0. The van der Waals surface area contributed by atoms with Crippen molar-refractivity contribution in [2.75, 3.05) is 0 Å². The van der Waals surface area contributed by atoms with Crippen LogP contribution >= 0.6 is 0 Å². The van der Waals surface area contributed by atoms with Gasteiger partial charge < -0.3 is 0 Å². The van der Waals surface area contributed by atoms with Crippen LogP contribution in [0.25, 0.3) is 22.0 Å². The summed E-state index contributed by atoms with van der Waals surface area (Å²) in [6.07, 6.45) is 0. The molecule has 3 nitrogen and oxygen atoms in total. The third kappa shape index (κ3) is 1.98. The fourth-order valence-corrected chi connectivity index (χ4v) is 2.32. The van der Waals surface area contributed by atoms with E-state index in [1.165, 1.54) is 16.3 Å². The second-order valence-corrected chi connectivity index (χ2v) is 4.72. The molecule has 0 aliphatic carbocycles. The Morgan fingerprint density at radius 1 is 1.05 bits per heavy atom. The SMILES string of the molecule is Cc1ccc2cc(-c3cc(C#N)nn3C)ccc2c1. The molecule has 0 saturated heterocycles. The Hall–Kier alpha value is -2.60. The number of nitrogens with zero attached hydrogens (tertiary/aromatic N) is 3. The van der Waals surface area contributed by atoms with Gasteiger partial charge in [0.15, 0.2) is 5.69 Å². The number of fused-ring (bicyclic) bond motifs is 1. The molecule has 0 aliphatic heterocycles. The largest absolute Gasteiger partial charge is 0.267 e. The first kappa shape index (κ1) is 11.5. The average molecular weight is 247 g/mol. The molecule has 0 spiro atoms. The maximum atomic E-state index is 8.90. The maximum Gasteiger partial charge on any atom is 0.163 e. The molecule has 0 N–H and O–H groups in total. The van der Waals surface area contributed by atoms with Gasteiger partial charge in [0.25, 0.3) is 0 Å². The average Bonchev–Trinajstić information content (AvgIpc) is 2.79. The van der Waals surface area contributed by atoms with Gasteiger partial charge in [-0.25, -0.2) is 0 Å². The van der Waals surface area contributed by atoms with Crippen LogP contribution < -0.4 is 0 Å². The normalized spacial score (nSPS) is 10.6. The van der Waals surface area contributed by atoms with Crippen molar-refractivity contribution < 1.29 is 0 Å². The third-order valence-corrected chi connectivity index (χ3v) is 3.29. The highest BCUT2D eigenvalue weighted by Gasteiger charge is 2.07. The predicted octanol–water partition coefficient (Wildman–Crippen LogP) is 3.42. The molecule has 0 radical (unpaired) electrons. The van der Waals surface area contributed by atoms with Crippen molar-refractivity contribution in [2.45, 2.75) is 6.92 Å². The molecule has 3 heteroatoms. The minimum Gasteiger partial charge on any atom is -0.267 e. The van der Waals surface area contributed by atoms with Crippen LogP contribution in [0.1, 0.15) is 11.3 Å². The van der Waals surface area contributed by atoms with Crippen LogP contribution in [0.2, 0.25) is 0 Å². The Kier molecular flexibility index (Phi) is 2.57. The Balaban J connectivity index is 2.18. The molecule has 3 rings (SSSR count). The van der Waals surface area contributed by atoms with Gasteiger partial charge in [0, 0.05) is 18.7 Å². The molecule has 2 aromatic carbocycles. The van der Waals surface area contributed by atoms with Gasteiger partial charge in [-0.1, -0.05) is 35.9 Å². The van der Waals surface area contributed by atoms with Gasteiger partial charge in [-0.05, 0) is 23.8 Å². The van der Waals surface area contributed by atoms with Crippen molar-refractivity contribution in [3.8, 4) is 17.3 Å². The monoisotopic (exact) mass is 247 g/mol. The number of benzene rings is 2. The van der Waals surface area contributed by atoms with Crippen molar-refractivity contribution >= 4 is 10.8 Å². The molecular weight excluding hydrogens is 234 g/mol. The lowest BCUT2D eigenvalue weighted by Gasteiger charge is -2.05. The van der Waals surface area contributed by atoms with Crippen LogP contribution in [-0.4, -0.2) is 9.78 Å². The zero-order valence-corrected chi connectivity index (χ0v) is 10.9. The first-order valence-corrected chi connectivity index (χ1v) is 6.12. The van der Waals surface area contributed by atoms with E-state index in [4.69, 9.17) is 5.26 Å². The van der Waals surface area contributed by atoms with E-state index in [-0.39, 0.29) is 0 Å². The molecule has 0 amide bonds. The highest BCUT2D eigenvalue weighted by atomic mass is 15.3. The van der Waals surface area contributed by atoms with E-state index in [9.17, 15) is 0 Å². The predicted molar refractivity (Wildman–Crippen MR) is 75.6 cm³/mol. The quantitative estimate of drug-likeness (QED) is 0.661. The number of hydrogen-bond acceptors (Lipinski definition) is 2. The van der Waals surface area contributed by atoms with E-state index in [1.54, 1.807) is 4.68 Å². The van der Waals surface area contributed by atoms with Gasteiger partial charge in [-0.3, -0.25) is 4.68 Å². The van der Waals surface area contributed by atoms with Crippen LogP contribution in [0.15, 0.2) is 42.5 Å². The van der Waals surface area contributed by atoms with Crippen LogP contribution in [0.4, 0.5) is 0 Å². The molecule has 19 heavy (non-hydrogen) atoms. The second-order valence-electron chi connectivity index (χ2n) is 4.72. The minimum absolute atomic E-state index is 0.446. The highest BCUT2D eigenvalue weighted by Crippen LogP contribution is 2.25. The third-order valence-electron chi connectivity index (χ3n) is 3.29. The molecule has 0 saturated carbocycles. The van der Waals surface area contributed by atoms with Crippen molar-refractivity contribution in [1.82, 2.24) is 9.78 Å². The summed E-state index contributed by atoms with van der Waals surface area (Å²) in [7, 11) is 1.86. The number of aromatic nitrogens is 2. The summed E-state index contributed by atoms with van der Waals surface area (Å²) in [6.45, 7) is 2.09. The fourth-order valence-electron chi connectivity index (χ4n) is 2.32. The molecule has 3 aromatic rings. The first-order valence-electron chi connectivity index (χ1n) is 6.12. The van der Waals surface area contributed by atoms with Crippen LogP contribution in [0.5, 0.6) is 0 Å². The Morgan fingerprint density at radius 3 is 2.53 bits per heavy atom. The second kappa shape index (κ2) is 4.25. The fraction of sp³-hybridized carbons (Fsp3) is 0.125. The highest BCUT2D eigenvalue weighted by molar-refractivity contribution is 5.87. The maximum absolute atomic E-state index is 8.90. The Morgan fingerprint density at radius 2 is 1.79 bits per heavy atom. The smallest absolute Gasteiger partial charge is 0.163 e. The molecule has 1 heterocycles. The van der Waals surface area contributed by atoms with Crippen LogP contribution in [-0.2, 0) is 7.05 Å². The summed E-state index contributed by atoms with van der Waals surface area (Å²) in [5.74, 6) is 0. The Labute approximate surface area is 111 Å². The summed E-state index contributed by atoms with van der Waals surface area (Å²) < 4.78 is 1.74. The van der Waals surface area contributed by atoms with E-state index in [1.807, 2.05) is 13.1 Å². The molecule has 1 aromatic heterocycles. The van der Waals surface area contributed by atoms with Gasteiger partial charge in [-0.15, -0.1) is 0 Å². The van der Waals surface area contributed by atoms with Crippen LogP contribution in [0, 0.1) is 18.3 Å². The molecule has 0 aliphatic rings. The molecular formula is C16H13N3. The van der Waals surface area contributed by atoms with Gasteiger partial charge >= 0.3 is 0 Å². The zero-order chi connectivity index (χ0) is 13.4. The molecule has 0 bridgehead atoms. The van der Waals surface area contributed by atoms with E-state index < -0.39 is 0 Å². The lowest BCUT2D eigenvalue weighted by molar-refractivity contribution is 0.771. The Bertz CT molecular complexity index is 806. The lowest BCUT2D eigenvalue weighted by Crippen LogP contribution is -1.93. The van der Waals surface area contributed by atoms with Crippen molar-refractivity contribution in [3.63, 3.8) is 0 Å². The van der Waals surface area contributed by atoms with Gasteiger partial charge in [0.05, 0.1) is 5.69 Å². The summed E-state index contributed by atoms with van der Waals surface area (Å²) in [4.78, 5) is 0. The van der Waals surface area contributed by atoms with Gasteiger partial charge in [0.1, 0.15) is 6.07 Å². The standard InChI is InChI=1S/C16H13N3/c1-11-3-4-13-8-14(6-5-12(13)7-11)16-9-15(10-17)18-19(16)2/h3-9H,1-2H3. The lowest BCUT2D eigenvalue weighted by atomic mass is 10.0. The minimum atomic E-state index is 0.446. The number of aryl methyl sites for hydroxylation is 2. The topological polar surface area (TPSA) is 41.6 Å². The summed E-state index contributed by atoms with van der Waals surface area (Å²) in [5, 5.41) is 15.5. The van der Waals surface area contributed by atoms with Crippen molar-refractivity contribution in [2.24, 2.45) is 7.05 Å². The van der Waals surface area contributed by atoms with Crippen LogP contribution in [0.3, 0.4) is 0 Å². The van der Waals surface area contributed by atoms with E-state index >= 15 is 0 Å². The van der Waals surface area contributed by atoms with E-state index in [2.05, 4.69) is 54.5 Å². The molecule has 0 unspecified atom stereocenters. The zero-order valence-electron chi connectivity index (χ0n) is 10.9. The summed E-state index contributed by atoms with van der Waals surface area (Å²) in [5.41, 5.74) is 3.74. The van der Waals surface area contributed by atoms with Crippen molar-refractivity contribution in [1.29, 1.82) is 5.26 Å². The van der Waals surface area contributed by atoms with E-state index in [0.717, 1.165) is 11.3 Å². The van der Waals surface area contributed by atoms with Gasteiger partial charge in [-0.2, -0.15) is 10.4 Å². The molecule has 0 atom stereocenters. The number of rotatable bonds is 1. The number of nitriles is 1. The first-order chi connectivity index (χ1) is 9.17. The number of hydrogen-bond donors (Lipinski definition) is 0.